The van der Waals surface area contributed by atoms with Gasteiger partial charge in [-0.25, -0.2) is 4.79 Å². The number of carbonyl (C=O) groups excluding carboxylic acids is 1. The molecular formula is C16H23NO5. The van der Waals surface area contributed by atoms with Gasteiger partial charge in [-0.2, -0.15) is 0 Å². The largest absolute Gasteiger partial charge is 0.486 e. The zero-order valence-electron chi connectivity index (χ0n) is 13.4. The van der Waals surface area contributed by atoms with Gasteiger partial charge in [-0.15, -0.1) is 0 Å². The fourth-order valence-corrected chi connectivity index (χ4v) is 2.10. The number of benzene rings is 1. The molecule has 0 radical (unpaired) electrons. The highest BCUT2D eigenvalue weighted by molar-refractivity contribution is 5.68. The van der Waals surface area contributed by atoms with Crippen molar-refractivity contribution in [1.82, 2.24) is 5.32 Å². The van der Waals surface area contributed by atoms with E-state index in [4.69, 9.17) is 14.2 Å². The van der Waals surface area contributed by atoms with Crippen LogP contribution in [0.25, 0.3) is 0 Å². The second-order valence-electron chi connectivity index (χ2n) is 6.28. The van der Waals surface area contributed by atoms with Crippen molar-refractivity contribution in [3.05, 3.63) is 23.8 Å². The Morgan fingerprint density at radius 3 is 2.55 bits per heavy atom. The van der Waals surface area contributed by atoms with E-state index in [1.165, 1.54) is 0 Å². The second-order valence-corrected chi connectivity index (χ2v) is 6.28. The highest BCUT2D eigenvalue weighted by Gasteiger charge is 2.23. The van der Waals surface area contributed by atoms with Crippen LogP contribution < -0.4 is 14.8 Å². The Morgan fingerprint density at radius 2 is 1.91 bits per heavy atom. The molecular weight excluding hydrogens is 286 g/mol. The van der Waals surface area contributed by atoms with Gasteiger partial charge in [0.05, 0.1) is 12.1 Å². The van der Waals surface area contributed by atoms with E-state index >= 15 is 0 Å². The predicted octanol–water partition coefficient (Wildman–Crippen LogP) is 2.40. The van der Waals surface area contributed by atoms with Crippen LogP contribution in [0.15, 0.2) is 18.2 Å². The van der Waals surface area contributed by atoms with Crippen LogP contribution in [0.2, 0.25) is 0 Å². The molecule has 2 rings (SSSR count). The van der Waals surface area contributed by atoms with Crippen molar-refractivity contribution >= 4 is 6.09 Å². The molecule has 0 saturated heterocycles. The standard InChI is InChI=1S/C16H23NO5/c1-10(17-15(19)22-16(2,3)4)14(18)11-5-6-12-13(9-11)21-8-7-20-12/h5-6,9-10,14,18H,7-8H2,1-4H3,(H,17,19). The summed E-state index contributed by atoms with van der Waals surface area (Å²) in [5.41, 5.74) is 0.0685. The Kier molecular flexibility index (Phi) is 4.81. The Hall–Kier alpha value is -1.95. The van der Waals surface area contributed by atoms with Gasteiger partial charge < -0.3 is 24.6 Å². The minimum absolute atomic E-state index is 0.484. The van der Waals surface area contributed by atoms with E-state index in [1.54, 1.807) is 45.9 Å². The van der Waals surface area contributed by atoms with Crippen molar-refractivity contribution in [3.63, 3.8) is 0 Å². The molecule has 1 heterocycles. The molecule has 1 amide bonds. The minimum atomic E-state index is -0.872. The maximum Gasteiger partial charge on any atom is 0.407 e. The van der Waals surface area contributed by atoms with Crippen LogP contribution in [0.4, 0.5) is 4.79 Å². The summed E-state index contributed by atoms with van der Waals surface area (Å²) in [5, 5.41) is 13.0. The lowest BCUT2D eigenvalue weighted by Gasteiger charge is -2.25. The summed E-state index contributed by atoms with van der Waals surface area (Å²) < 4.78 is 16.1. The summed E-state index contributed by atoms with van der Waals surface area (Å²) in [5.74, 6) is 1.27. The van der Waals surface area contributed by atoms with Crippen molar-refractivity contribution in [2.75, 3.05) is 13.2 Å². The van der Waals surface area contributed by atoms with E-state index in [9.17, 15) is 9.90 Å². The number of hydrogen-bond acceptors (Lipinski definition) is 5. The number of fused-ring (bicyclic) bond motifs is 1. The molecule has 2 N–H and O–H groups in total. The molecule has 1 aromatic carbocycles. The lowest BCUT2D eigenvalue weighted by atomic mass is 10.0. The zero-order valence-corrected chi connectivity index (χ0v) is 13.4. The lowest BCUT2D eigenvalue weighted by molar-refractivity contribution is 0.0435. The number of carbonyl (C=O) groups is 1. The molecule has 0 saturated carbocycles. The first-order chi connectivity index (χ1) is 10.3. The fourth-order valence-electron chi connectivity index (χ4n) is 2.10. The summed E-state index contributed by atoms with van der Waals surface area (Å²) in [6.07, 6.45) is -1.43. The normalized spacial score (nSPS) is 16.6. The summed E-state index contributed by atoms with van der Waals surface area (Å²) in [7, 11) is 0. The number of alkyl carbamates (subject to hydrolysis) is 1. The molecule has 0 bridgehead atoms. The molecule has 122 valence electrons. The number of aliphatic hydroxyl groups excluding tert-OH is 1. The molecule has 1 aliphatic rings. The minimum Gasteiger partial charge on any atom is -0.486 e. The van der Waals surface area contributed by atoms with E-state index in [2.05, 4.69) is 5.32 Å². The van der Waals surface area contributed by atoms with Crippen LogP contribution in [0.5, 0.6) is 11.5 Å². The summed E-state index contributed by atoms with van der Waals surface area (Å²) in [6, 6.07) is 4.74. The monoisotopic (exact) mass is 309 g/mol. The van der Waals surface area contributed by atoms with Crippen LogP contribution >= 0.6 is 0 Å². The molecule has 2 unspecified atom stereocenters. The van der Waals surface area contributed by atoms with Gasteiger partial charge in [-0.3, -0.25) is 0 Å². The number of nitrogens with one attached hydrogen (secondary N) is 1. The number of aliphatic hydroxyl groups is 1. The van der Waals surface area contributed by atoms with Gasteiger partial charge in [0, 0.05) is 0 Å². The highest BCUT2D eigenvalue weighted by Crippen LogP contribution is 2.33. The Labute approximate surface area is 130 Å². The van der Waals surface area contributed by atoms with Crippen molar-refractivity contribution < 1.29 is 24.1 Å². The first-order valence-corrected chi connectivity index (χ1v) is 7.33. The van der Waals surface area contributed by atoms with Crippen LogP contribution in [-0.2, 0) is 4.74 Å². The third-order valence-corrected chi connectivity index (χ3v) is 3.13. The van der Waals surface area contributed by atoms with Crippen molar-refractivity contribution in [2.45, 2.75) is 45.4 Å². The molecule has 1 aliphatic heterocycles. The molecule has 0 fully saturated rings. The Balaban J connectivity index is 2.01. The number of hydrogen-bond donors (Lipinski definition) is 2. The highest BCUT2D eigenvalue weighted by atomic mass is 16.6. The predicted molar refractivity (Wildman–Crippen MR) is 81.2 cm³/mol. The van der Waals surface area contributed by atoms with Crippen LogP contribution in [0.3, 0.4) is 0 Å². The fraction of sp³-hybridized carbons (Fsp3) is 0.562. The zero-order chi connectivity index (χ0) is 16.3. The van der Waals surface area contributed by atoms with Gasteiger partial charge in [0.15, 0.2) is 11.5 Å². The van der Waals surface area contributed by atoms with Gasteiger partial charge in [0.1, 0.15) is 18.8 Å². The van der Waals surface area contributed by atoms with Gasteiger partial charge in [-0.05, 0) is 45.4 Å². The van der Waals surface area contributed by atoms with Gasteiger partial charge in [-0.1, -0.05) is 6.07 Å². The first kappa shape index (κ1) is 16.4. The first-order valence-electron chi connectivity index (χ1n) is 7.33. The molecule has 0 aromatic heterocycles. The third kappa shape index (κ3) is 4.27. The number of rotatable bonds is 3. The Morgan fingerprint density at radius 1 is 1.27 bits per heavy atom. The van der Waals surface area contributed by atoms with Crippen LogP contribution in [0, 0.1) is 0 Å². The average Bonchev–Trinajstić information content (AvgIpc) is 2.43. The molecule has 1 aromatic rings. The molecule has 6 heteroatoms. The van der Waals surface area contributed by atoms with Crippen molar-refractivity contribution in [3.8, 4) is 11.5 Å². The van der Waals surface area contributed by atoms with E-state index < -0.39 is 23.8 Å². The second kappa shape index (κ2) is 6.44. The molecule has 0 spiro atoms. The van der Waals surface area contributed by atoms with E-state index in [0.717, 1.165) is 0 Å². The summed E-state index contributed by atoms with van der Waals surface area (Å²) in [4.78, 5) is 11.7. The molecule has 6 nitrogen and oxygen atoms in total. The third-order valence-electron chi connectivity index (χ3n) is 3.13. The lowest BCUT2D eigenvalue weighted by Crippen LogP contribution is -2.40. The number of amides is 1. The van der Waals surface area contributed by atoms with Crippen LogP contribution in [0.1, 0.15) is 39.4 Å². The SMILES string of the molecule is CC(NC(=O)OC(C)(C)C)C(O)c1ccc2c(c1)OCCO2. The molecule has 0 aliphatic carbocycles. The van der Waals surface area contributed by atoms with Crippen LogP contribution in [-0.4, -0.2) is 36.1 Å². The van der Waals surface area contributed by atoms with Crippen molar-refractivity contribution in [1.29, 1.82) is 0 Å². The quantitative estimate of drug-likeness (QED) is 0.896. The maximum absolute atomic E-state index is 11.7. The molecule has 22 heavy (non-hydrogen) atoms. The Bertz CT molecular complexity index is 538. The van der Waals surface area contributed by atoms with E-state index in [-0.39, 0.29) is 0 Å². The van der Waals surface area contributed by atoms with Crippen molar-refractivity contribution in [2.24, 2.45) is 0 Å². The maximum atomic E-state index is 11.7. The van der Waals surface area contributed by atoms with E-state index in [1.807, 2.05) is 0 Å². The topological polar surface area (TPSA) is 77.0 Å². The summed E-state index contributed by atoms with van der Waals surface area (Å²) >= 11 is 0. The van der Waals surface area contributed by atoms with Gasteiger partial charge in [0.25, 0.3) is 0 Å². The molecule has 2 atom stereocenters. The van der Waals surface area contributed by atoms with E-state index in [0.29, 0.717) is 30.3 Å². The van der Waals surface area contributed by atoms with Gasteiger partial charge in [0.2, 0.25) is 0 Å². The average molecular weight is 309 g/mol. The summed E-state index contributed by atoms with van der Waals surface area (Å²) in [6.45, 7) is 8.08. The number of ether oxygens (including phenoxy) is 3. The smallest absolute Gasteiger partial charge is 0.407 e. The van der Waals surface area contributed by atoms with Gasteiger partial charge >= 0.3 is 6.09 Å².